The molecule has 118 valence electrons. The molecule has 7 heteroatoms. The van der Waals surface area contributed by atoms with Gasteiger partial charge in [0, 0.05) is 6.92 Å². The fourth-order valence-electron chi connectivity index (χ4n) is 1.17. The molecule has 1 amide bonds. The lowest BCUT2D eigenvalue weighted by Crippen LogP contribution is -3.20. The van der Waals surface area contributed by atoms with Crippen LogP contribution in [0.1, 0.15) is 48.5 Å². The third kappa shape index (κ3) is 5.44. The predicted octanol–water partition coefficient (Wildman–Crippen LogP) is 0.397. The first kappa shape index (κ1) is 18.8. The fourth-order valence-corrected chi connectivity index (χ4v) is 1.17. The molecule has 0 aromatic rings. The number of amides is 1. The van der Waals surface area contributed by atoms with Crippen molar-refractivity contribution in [2.24, 2.45) is 0 Å². The van der Waals surface area contributed by atoms with Crippen molar-refractivity contribution in [2.75, 3.05) is 6.61 Å². The molecule has 0 radical (unpaired) electrons. The van der Waals surface area contributed by atoms with Gasteiger partial charge in [0.25, 0.3) is 0 Å². The van der Waals surface area contributed by atoms with E-state index in [1.165, 1.54) is 0 Å². The molecule has 2 atom stereocenters. The topological polar surface area (TPSA) is 100 Å². The molecule has 0 aliphatic heterocycles. The highest BCUT2D eigenvalue weighted by molar-refractivity contribution is 5.81. The van der Waals surface area contributed by atoms with Crippen LogP contribution in [0.25, 0.3) is 0 Å². The van der Waals surface area contributed by atoms with Gasteiger partial charge in [-0.25, -0.2) is 4.79 Å². The number of carbonyl (C=O) groups is 2. The molecule has 0 bridgehead atoms. The quantitative estimate of drug-likeness (QED) is 0.576. The molecule has 20 heavy (non-hydrogen) atoms. The molecule has 0 saturated carbocycles. The normalized spacial score (nSPS) is 17.1. The van der Waals surface area contributed by atoms with E-state index in [0.717, 1.165) is 6.92 Å². The minimum Gasteiger partial charge on any atom is -0.623 e. The number of hydrogen-bond donors (Lipinski definition) is 2. The molecule has 0 saturated heterocycles. The Bertz CT molecular complexity index is 368. The number of carbonyl (C=O) groups excluding carboxylic acids is 2. The Morgan fingerprint density at radius 2 is 1.40 bits per heavy atom. The number of rotatable bonds is 3. The van der Waals surface area contributed by atoms with E-state index in [9.17, 15) is 19.9 Å². The van der Waals surface area contributed by atoms with Gasteiger partial charge in [-0.2, -0.15) is 4.79 Å². The van der Waals surface area contributed by atoms with Crippen molar-refractivity contribution in [1.29, 1.82) is 0 Å². The minimum atomic E-state index is -1.96. The van der Waals surface area contributed by atoms with Crippen molar-refractivity contribution in [3.63, 3.8) is 0 Å². The number of alkyl carbamates (subject to hydrolysis) is 1. The number of hydroxylamine groups is 2. The van der Waals surface area contributed by atoms with E-state index in [2.05, 4.69) is 0 Å². The summed E-state index contributed by atoms with van der Waals surface area (Å²) in [4.78, 5) is 23.8. The molecule has 1 unspecified atom stereocenters. The van der Waals surface area contributed by atoms with Crippen LogP contribution in [0.3, 0.4) is 0 Å². The van der Waals surface area contributed by atoms with E-state index in [0.29, 0.717) is 0 Å². The summed E-state index contributed by atoms with van der Waals surface area (Å²) in [5, 5.41) is 20.3. The molecule has 2 N–H and O–H groups in total. The maximum absolute atomic E-state index is 12.1. The molecule has 0 aromatic carbocycles. The summed E-state index contributed by atoms with van der Waals surface area (Å²) >= 11 is 0. The number of aliphatic hydroxyl groups excluding tert-OH is 1. The first-order chi connectivity index (χ1) is 8.73. The molecular formula is C13H25NO6. The van der Waals surface area contributed by atoms with Crippen molar-refractivity contribution < 1.29 is 29.2 Å². The Hall–Kier alpha value is -1.18. The zero-order chi connectivity index (χ0) is 16.4. The first-order valence-electron chi connectivity index (χ1n) is 6.35. The van der Waals surface area contributed by atoms with Gasteiger partial charge < -0.3 is 19.8 Å². The van der Waals surface area contributed by atoms with Gasteiger partial charge >= 0.3 is 12.1 Å². The number of esters is 1. The highest BCUT2D eigenvalue weighted by atomic mass is 16.6. The predicted molar refractivity (Wildman–Crippen MR) is 71.9 cm³/mol. The van der Waals surface area contributed by atoms with Crippen LogP contribution in [0.4, 0.5) is 4.79 Å². The van der Waals surface area contributed by atoms with Crippen LogP contribution >= 0.6 is 0 Å². The van der Waals surface area contributed by atoms with Gasteiger partial charge in [0.2, 0.25) is 5.54 Å². The van der Waals surface area contributed by atoms with E-state index in [4.69, 9.17) is 9.47 Å². The molecule has 7 nitrogen and oxygen atoms in total. The average Bonchev–Trinajstić information content (AvgIpc) is 2.22. The summed E-state index contributed by atoms with van der Waals surface area (Å²) < 4.78 is 9.99. The van der Waals surface area contributed by atoms with Crippen molar-refractivity contribution in [2.45, 2.75) is 65.2 Å². The molecule has 0 aliphatic rings. The third-order valence-corrected chi connectivity index (χ3v) is 2.25. The number of aliphatic hydroxyl groups is 1. The molecule has 0 rings (SSSR count). The molecule has 0 heterocycles. The second-order valence-corrected chi connectivity index (χ2v) is 6.82. The lowest BCUT2D eigenvalue weighted by atomic mass is 10.0. The number of hydrogen-bond acceptors (Lipinski definition) is 6. The van der Waals surface area contributed by atoms with Crippen LogP contribution in [0.15, 0.2) is 0 Å². The van der Waals surface area contributed by atoms with Gasteiger partial charge in [-0.1, -0.05) is 0 Å². The Morgan fingerprint density at radius 3 is 1.70 bits per heavy atom. The summed E-state index contributed by atoms with van der Waals surface area (Å²) in [6.45, 7) is 10.0. The Kier molecular flexibility index (Phi) is 5.71. The fraction of sp³-hybridized carbons (Fsp3) is 0.846. The van der Waals surface area contributed by atoms with Crippen LogP contribution in [-0.2, 0) is 14.3 Å². The van der Waals surface area contributed by atoms with Crippen LogP contribution in [0.2, 0.25) is 0 Å². The maximum Gasteiger partial charge on any atom is 0.515 e. The zero-order valence-corrected chi connectivity index (χ0v) is 13.2. The van der Waals surface area contributed by atoms with Gasteiger partial charge in [0.1, 0.15) is 17.8 Å². The van der Waals surface area contributed by atoms with Crippen LogP contribution in [0.5, 0.6) is 0 Å². The average molecular weight is 291 g/mol. The Labute approximate surface area is 119 Å². The monoisotopic (exact) mass is 291 g/mol. The Morgan fingerprint density at radius 1 is 1.00 bits per heavy atom. The standard InChI is InChI=1S/C13H25NO6/c1-11(2,3)19-9(16)13(7,8-15)14(18)10(17)20-12(4,5)6/h14-15H,8H2,1-7H3/t13-/m0/s1. The van der Waals surface area contributed by atoms with E-state index in [1.54, 1.807) is 41.5 Å². The third-order valence-electron chi connectivity index (χ3n) is 2.25. The van der Waals surface area contributed by atoms with Gasteiger partial charge in [-0.05, 0) is 41.5 Å². The van der Waals surface area contributed by atoms with Crippen molar-refractivity contribution >= 4 is 12.1 Å². The lowest BCUT2D eigenvalue weighted by molar-refractivity contribution is -0.819. The maximum atomic E-state index is 12.1. The van der Waals surface area contributed by atoms with Gasteiger partial charge in [-0.15, -0.1) is 0 Å². The number of nitrogens with one attached hydrogen (secondary N) is 1. The zero-order valence-electron chi connectivity index (χ0n) is 13.2. The van der Waals surface area contributed by atoms with E-state index in [-0.39, 0.29) is 0 Å². The van der Waals surface area contributed by atoms with Crippen LogP contribution in [0, 0.1) is 5.21 Å². The molecule has 0 spiro atoms. The minimum absolute atomic E-state index is 0.832. The van der Waals surface area contributed by atoms with E-state index < -0.39 is 40.5 Å². The van der Waals surface area contributed by atoms with Crippen molar-refractivity contribution in [1.82, 2.24) is 0 Å². The highest BCUT2D eigenvalue weighted by Crippen LogP contribution is 2.13. The molecule has 0 aliphatic carbocycles. The van der Waals surface area contributed by atoms with Gasteiger partial charge in [0.05, 0.1) is 0 Å². The molecule has 0 fully saturated rings. The summed E-state index contributed by atoms with van der Waals surface area (Å²) in [6, 6.07) is 0. The smallest absolute Gasteiger partial charge is 0.515 e. The largest absolute Gasteiger partial charge is 0.623 e. The summed E-state index contributed by atoms with van der Waals surface area (Å²) in [5.41, 5.74) is -3.66. The summed E-state index contributed by atoms with van der Waals surface area (Å²) in [5.74, 6) is -0.955. The van der Waals surface area contributed by atoms with Crippen LogP contribution in [-0.4, -0.2) is 40.5 Å². The van der Waals surface area contributed by atoms with E-state index >= 15 is 0 Å². The lowest BCUT2D eigenvalue weighted by Gasteiger charge is -2.37. The van der Waals surface area contributed by atoms with Crippen molar-refractivity contribution in [3.8, 4) is 0 Å². The summed E-state index contributed by atoms with van der Waals surface area (Å²) in [7, 11) is 0. The second-order valence-electron chi connectivity index (χ2n) is 6.82. The van der Waals surface area contributed by atoms with Gasteiger partial charge in [0.15, 0.2) is 0 Å². The SMILES string of the molecule is CC(C)(C)OC(=O)[NH+]([O-])[C@@](C)(CO)C(=O)OC(C)(C)C. The van der Waals surface area contributed by atoms with Crippen molar-refractivity contribution in [3.05, 3.63) is 5.21 Å². The Balaban J connectivity index is 5.13. The highest BCUT2D eigenvalue weighted by Gasteiger charge is 2.47. The number of quaternary nitrogens is 1. The molecule has 0 aromatic heterocycles. The molecular weight excluding hydrogens is 266 g/mol. The number of ether oxygens (including phenoxy) is 2. The van der Waals surface area contributed by atoms with Crippen LogP contribution < -0.4 is 5.06 Å². The second kappa shape index (κ2) is 6.07. The first-order valence-corrected chi connectivity index (χ1v) is 6.35. The van der Waals surface area contributed by atoms with E-state index in [1.807, 2.05) is 0 Å². The van der Waals surface area contributed by atoms with Gasteiger partial charge in [-0.3, -0.25) is 5.06 Å². The summed E-state index contributed by atoms with van der Waals surface area (Å²) in [6.07, 6.45) is -1.17.